The zero-order valence-corrected chi connectivity index (χ0v) is 13.2. The van der Waals surface area contributed by atoms with E-state index >= 15 is 0 Å². The largest absolute Gasteiger partial charge is 0.497 e. The van der Waals surface area contributed by atoms with Crippen molar-refractivity contribution in [3.05, 3.63) is 23.8 Å². The second-order valence-electron chi connectivity index (χ2n) is 4.44. The van der Waals surface area contributed by atoms with E-state index in [4.69, 9.17) is 15.4 Å². The summed E-state index contributed by atoms with van der Waals surface area (Å²) in [5.74, 6) is 0.242. The van der Waals surface area contributed by atoms with Gasteiger partial charge in [-0.05, 0) is 30.2 Å². The average molecular weight is 320 g/mol. The lowest BCUT2D eigenvalue weighted by molar-refractivity contribution is -0.124. The molecule has 1 amide bonds. The molecule has 0 bridgehead atoms. The molecule has 0 spiro atoms. The summed E-state index contributed by atoms with van der Waals surface area (Å²) in [5.41, 5.74) is 0.399. The minimum Gasteiger partial charge on any atom is -0.497 e. The van der Waals surface area contributed by atoms with Gasteiger partial charge in [-0.25, -0.2) is 8.42 Å². The third-order valence-corrected chi connectivity index (χ3v) is 4.47. The van der Waals surface area contributed by atoms with Gasteiger partial charge >= 0.3 is 0 Å². The van der Waals surface area contributed by atoms with Gasteiger partial charge in [-0.2, -0.15) is 0 Å². The maximum absolute atomic E-state index is 11.7. The van der Waals surface area contributed by atoms with E-state index in [9.17, 15) is 13.2 Å². The molecule has 0 saturated carbocycles. The Bertz CT molecular complexity index is 586. The summed E-state index contributed by atoms with van der Waals surface area (Å²) >= 11 is 0. The normalized spacial score (nSPS) is 12.8. The number of ether oxygens (including phenoxy) is 1. The molecule has 0 heterocycles. The lowest BCUT2D eigenvalue weighted by Crippen LogP contribution is -2.28. The summed E-state index contributed by atoms with van der Waals surface area (Å²) < 4.78 is 28.0. The fourth-order valence-electron chi connectivity index (χ4n) is 1.60. The van der Waals surface area contributed by atoms with E-state index in [1.165, 1.54) is 19.2 Å². The first-order valence-corrected chi connectivity index (χ1v) is 8.49. The maximum atomic E-state index is 11.7. The Morgan fingerprint density at radius 2 is 2.10 bits per heavy atom. The average Bonchev–Trinajstić information content (AvgIpc) is 2.42. The van der Waals surface area contributed by atoms with E-state index in [1.807, 2.05) is 6.92 Å². The topological polar surface area (TPSA) is 72.5 Å². The summed E-state index contributed by atoms with van der Waals surface area (Å²) in [6.45, 7) is 3.80. The van der Waals surface area contributed by atoms with Crippen molar-refractivity contribution in [2.75, 3.05) is 7.11 Å². The van der Waals surface area contributed by atoms with E-state index < -0.39 is 9.05 Å². The van der Waals surface area contributed by atoms with Crippen molar-refractivity contribution >= 4 is 25.6 Å². The maximum Gasteiger partial charge on any atom is 0.261 e. The van der Waals surface area contributed by atoms with E-state index in [2.05, 4.69) is 5.32 Å². The molecule has 1 aromatic rings. The molecule has 1 aromatic carbocycles. The Morgan fingerprint density at radius 3 is 2.60 bits per heavy atom. The van der Waals surface area contributed by atoms with Gasteiger partial charge in [0.1, 0.15) is 5.75 Å². The number of carbonyl (C=O) groups excluding carboxylic acids is 1. The smallest absolute Gasteiger partial charge is 0.261 e. The van der Waals surface area contributed by atoms with Crippen LogP contribution in [0.5, 0.6) is 5.75 Å². The number of carbonyl (C=O) groups is 1. The molecule has 1 atom stereocenters. The van der Waals surface area contributed by atoms with Gasteiger partial charge in [-0.15, -0.1) is 0 Å². The predicted molar refractivity (Wildman–Crippen MR) is 77.3 cm³/mol. The highest BCUT2D eigenvalue weighted by Gasteiger charge is 2.18. The van der Waals surface area contributed by atoms with Crippen LogP contribution in [-0.4, -0.2) is 21.4 Å². The van der Waals surface area contributed by atoms with Crippen LogP contribution in [0.1, 0.15) is 25.8 Å². The molecule has 1 rings (SSSR count). The highest BCUT2D eigenvalue weighted by molar-refractivity contribution is 8.13. The molecule has 0 aromatic heterocycles. The fraction of sp³-hybridized carbons (Fsp3) is 0.462. The predicted octanol–water partition coefficient (Wildman–Crippen LogP) is 2.29. The van der Waals surface area contributed by atoms with E-state index in [0.29, 0.717) is 17.7 Å². The van der Waals surface area contributed by atoms with Crippen molar-refractivity contribution in [2.45, 2.75) is 31.7 Å². The van der Waals surface area contributed by atoms with Gasteiger partial charge in [0.15, 0.2) is 0 Å². The Balaban J connectivity index is 3.00. The molecule has 0 radical (unpaired) electrons. The molecule has 0 fully saturated rings. The third kappa shape index (κ3) is 4.38. The molecule has 0 aliphatic carbocycles. The van der Waals surface area contributed by atoms with Crippen molar-refractivity contribution in [1.82, 2.24) is 5.32 Å². The molecular weight excluding hydrogens is 302 g/mol. The van der Waals surface area contributed by atoms with Gasteiger partial charge in [0.2, 0.25) is 5.91 Å². The highest BCUT2D eigenvalue weighted by Crippen LogP contribution is 2.24. The molecule has 20 heavy (non-hydrogen) atoms. The van der Waals surface area contributed by atoms with Gasteiger partial charge in [-0.3, -0.25) is 4.79 Å². The number of rotatable bonds is 6. The molecule has 7 heteroatoms. The van der Waals surface area contributed by atoms with Crippen molar-refractivity contribution in [1.29, 1.82) is 0 Å². The first kappa shape index (κ1) is 16.8. The Labute approximate surface area is 123 Å². The van der Waals surface area contributed by atoms with Crippen molar-refractivity contribution < 1.29 is 17.9 Å². The Kier molecular flexibility index (Phi) is 5.83. The quantitative estimate of drug-likeness (QED) is 0.816. The monoisotopic (exact) mass is 319 g/mol. The van der Waals surface area contributed by atoms with E-state index in [-0.39, 0.29) is 23.3 Å². The minimum atomic E-state index is -3.87. The first-order valence-electron chi connectivity index (χ1n) is 6.18. The zero-order valence-electron chi connectivity index (χ0n) is 11.6. The molecule has 0 saturated heterocycles. The van der Waals surface area contributed by atoms with Crippen LogP contribution < -0.4 is 10.1 Å². The summed E-state index contributed by atoms with van der Waals surface area (Å²) in [6, 6.07) is 4.42. The van der Waals surface area contributed by atoms with Gasteiger partial charge in [0.05, 0.1) is 12.0 Å². The summed E-state index contributed by atoms with van der Waals surface area (Å²) in [5, 5.41) is 2.70. The second-order valence-corrected chi connectivity index (χ2v) is 6.97. The summed E-state index contributed by atoms with van der Waals surface area (Å²) in [7, 11) is 2.99. The molecule has 1 unspecified atom stereocenters. The fourth-order valence-corrected chi connectivity index (χ4v) is 2.73. The SMILES string of the molecule is CCC(C)C(=O)NCc1cc(OC)ccc1S(=O)(=O)Cl. The van der Waals surface area contributed by atoms with Crippen LogP contribution in [-0.2, 0) is 20.4 Å². The third-order valence-electron chi connectivity index (χ3n) is 3.04. The number of nitrogens with one attached hydrogen (secondary N) is 1. The zero-order chi connectivity index (χ0) is 15.3. The molecule has 0 aliphatic rings. The molecular formula is C13H18ClNO4S. The molecule has 1 N–H and O–H groups in total. The van der Waals surface area contributed by atoms with E-state index in [0.717, 1.165) is 0 Å². The van der Waals surface area contributed by atoms with Gasteiger partial charge in [0.25, 0.3) is 9.05 Å². The van der Waals surface area contributed by atoms with Crippen LogP contribution in [0.2, 0.25) is 0 Å². The number of hydrogen-bond donors (Lipinski definition) is 1. The van der Waals surface area contributed by atoms with Crippen LogP contribution >= 0.6 is 10.7 Å². The standard InChI is InChI=1S/C13H18ClNO4S/c1-4-9(2)13(16)15-8-10-7-11(19-3)5-6-12(10)20(14,17)18/h5-7,9H,4,8H2,1-3H3,(H,15,16). The van der Waals surface area contributed by atoms with Crippen LogP contribution in [0.15, 0.2) is 23.1 Å². The van der Waals surface area contributed by atoms with Crippen LogP contribution in [0, 0.1) is 5.92 Å². The minimum absolute atomic E-state index is 0.0237. The number of methoxy groups -OCH3 is 1. The Morgan fingerprint density at radius 1 is 1.45 bits per heavy atom. The van der Waals surface area contributed by atoms with E-state index in [1.54, 1.807) is 13.0 Å². The number of hydrogen-bond acceptors (Lipinski definition) is 4. The number of amides is 1. The van der Waals surface area contributed by atoms with Gasteiger partial charge in [0, 0.05) is 23.1 Å². The van der Waals surface area contributed by atoms with Crippen molar-refractivity contribution in [3.63, 3.8) is 0 Å². The van der Waals surface area contributed by atoms with Crippen LogP contribution in [0.4, 0.5) is 0 Å². The van der Waals surface area contributed by atoms with Crippen molar-refractivity contribution in [2.24, 2.45) is 5.92 Å². The summed E-state index contributed by atoms with van der Waals surface area (Å²) in [4.78, 5) is 11.7. The van der Waals surface area contributed by atoms with Gasteiger partial charge < -0.3 is 10.1 Å². The molecule has 0 aliphatic heterocycles. The number of benzene rings is 1. The Hall–Kier alpha value is -1.27. The first-order chi connectivity index (χ1) is 9.29. The lowest BCUT2D eigenvalue weighted by atomic mass is 10.1. The van der Waals surface area contributed by atoms with Crippen molar-refractivity contribution in [3.8, 4) is 5.75 Å². The highest BCUT2D eigenvalue weighted by atomic mass is 35.7. The second kappa shape index (κ2) is 6.95. The number of halogens is 1. The van der Waals surface area contributed by atoms with Crippen LogP contribution in [0.25, 0.3) is 0 Å². The molecule has 5 nitrogen and oxygen atoms in total. The van der Waals surface area contributed by atoms with Gasteiger partial charge in [-0.1, -0.05) is 13.8 Å². The van der Waals surface area contributed by atoms with Crippen LogP contribution in [0.3, 0.4) is 0 Å². The summed E-state index contributed by atoms with van der Waals surface area (Å²) in [6.07, 6.45) is 0.713. The lowest BCUT2D eigenvalue weighted by Gasteiger charge is -2.13. The molecule has 112 valence electrons.